The molecule has 1 unspecified atom stereocenters. The number of hydrogen-bond acceptors (Lipinski definition) is 3. The van der Waals surface area contributed by atoms with Gasteiger partial charge in [-0.1, -0.05) is 4.67 Å². The smallest absolute Gasteiger partial charge is 0.318 e. The van der Waals surface area contributed by atoms with Gasteiger partial charge in [-0.3, -0.25) is 4.79 Å². The van der Waals surface area contributed by atoms with Crippen molar-refractivity contribution in [3.05, 3.63) is 0 Å². The summed E-state index contributed by atoms with van der Waals surface area (Å²) in [6.45, 7) is 0.199. The van der Waals surface area contributed by atoms with E-state index < -0.39 is 20.1 Å². The molecule has 1 rings (SSSR count). The molecule has 0 spiro atoms. The van der Waals surface area contributed by atoms with Crippen molar-refractivity contribution in [2.24, 2.45) is 5.73 Å². The zero-order chi connectivity index (χ0) is 7.02. The summed E-state index contributed by atoms with van der Waals surface area (Å²) >= 11 is 0. The van der Waals surface area contributed by atoms with Crippen LogP contribution in [0.1, 0.15) is 0 Å². The fourth-order valence-corrected chi connectivity index (χ4v) is 1.22. The zero-order valence-electron chi connectivity index (χ0n) is 4.52. The first-order valence-electron chi connectivity index (χ1n) is 2.36. The predicted octanol–water partition coefficient (Wildman–Crippen LogP) is -1.19. The molecule has 1 aliphatic rings. The second-order valence-electron chi connectivity index (χ2n) is 1.78. The minimum atomic E-state index is -2.49. The van der Waals surface area contributed by atoms with E-state index in [4.69, 9.17) is 10.6 Å². The van der Waals surface area contributed by atoms with E-state index in [9.17, 15) is 9.36 Å². The average molecular weight is 149 g/mol. The van der Waals surface area contributed by atoms with Gasteiger partial charge in [0, 0.05) is 0 Å². The molecule has 1 saturated heterocycles. The minimum Gasteiger partial charge on any atom is -0.318 e. The van der Waals surface area contributed by atoms with Gasteiger partial charge < -0.3 is 5.73 Å². The van der Waals surface area contributed by atoms with Gasteiger partial charge in [0.05, 0.1) is 6.54 Å². The maximum Gasteiger partial charge on any atom is 0.646 e. The van der Waals surface area contributed by atoms with Crippen LogP contribution in [0.4, 0.5) is 0 Å². The van der Waals surface area contributed by atoms with Crippen molar-refractivity contribution in [1.82, 2.24) is 4.67 Å². The van der Waals surface area contributed by atoms with E-state index in [1.807, 2.05) is 0 Å². The van der Waals surface area contributed by atoms with Crippen molar-refractivity contribution in [3.8, 4) is 0 Å². The molecule has 0 aromatic rings. The number of β-lactam (4-membered cyclic amide) rings is 1. The Morgan fingerprint density at radius 3 is 2.56 bits per heavy atom. The maximum atomic E-state index is 10.5. The van der Waals surface area contributed by atoms with E-state index >= 15 is 0 Å². The van der Waals surface area contributed by atoms with E-state index in [0.29, 0.717) is 0 Å². The van der Waals surface area contributed by atoms with Crippen molar-refractivity contribution < 1.29 is 14.3 Å². The van der Waals surface area contributed by atoms with Crippen LogP contribution in [-0.2, 0) is 9.36 Å². The van der Waals surface area contributed by atoms with Crippen molar-refractivity contribution in [1.29, 1.82) is 0 Å². The molecule has 50 valence electrons. The molecule has 0 aromatic heterocycles. The molecular weight excluding hydrogens is 143 g/mol. The highest BCUT2D eigenvalue weighted by Crippen LogP contribution is 2.27. The molecule has 1 amide bonds. The summed E-state index contributed by atoms with van der Waals surface area (Å²) in [5, 5.41) is 0. The van der Waals surface area contributed by atoms with Gasteiger partial charge in [-0.05, 0) is 4.57 Å². The van der Waals surface area contributed by atoms with Gasteiger partial charge in [-0.15, -0.1) is 4.89 Å². The van der Waals surface area contributed by atoms with Gasteiger partial charge in [0.1, 0.15) is 6.04 Å². The van der Waals surface area contributed by atoms with Crippen molar-refractivity contribution in [3.63, 3.8) is 0 Å². The molecule has 1 heterocycles. The molecule has 0 aliphatic carbocycles. The summed E-state index contributed by atoms with van der Waals surface area (Å²) in [5.41, 5.74) is 5.12. The lowest BCUT2D eigenvalue weighted by Crippen LogP contribution is -2.57. The molecule has 6 heteroatoms. The Kier molecular flexibility index (Phi) is 1.48. The zero-order valence-corrected chi connectivity index (χ0v) is 5.41. The molecule has 5 nitrogen and oxygen atoms in total. The number of nitrogens with zero attached hydrogens (tertiary/aromatic N) is 1. The highest BCUT2D eigenvalue weighted by molar-refractivity contribution is 7.36. The molecule has 0 aromatic carbocycles. The van der Waals surface area contributed by atoms with Gasteiger partial charge in [-0.2, -0.15) is 0 Å². The van der Waals surface area contributed by atoms with Crippen LogP contribution in [0.3, 0.4) is 0 Å². The fourth-order valence-electron chi connectivity index (χ4n) is 0.588. The quantitative estimate of drug-likeness (QED) is 0.362. The molecule has 0 radical (unpaired) electrons. The normalized spacial score (nSPS) is 27.8. The molecule has 0 bridgehead atoms. The highest BCUT2D eigenvalue weighted by Gasteiger charge is 2.46. The van der Waals surface area contributed by atoms with Crippen LogP contribution >= 0.6 is 8.18 Å². The third kappa shape index (κ3) is 0.941. The second kappa shape index (κ2) is 2.02. The summed E-state index contributed by atoms with van der Waals surface area (Å²) in [5.74, 6) is -0.446. The molecule has 1 fully saturated rings. The monoisotopic (exact) mass is 149 g/mol. The Hall–Kier alpha value is -0.510. The third-order valence-corrected chi connectivity index (χ3v) is 1.92. The van der Waals surface area contributed by atoms with E-state index in [-0.39, 0.29) is 6.54 Å². The lowest BCUT2D eigenvalue weighted by Gasteiger charge is -2.23. The van der Waals surface area contributed by atoms with E-state index in [2.05, 4.69) is 0 Å². The number of rotatable bonds is 1. The topological polar surface area (TPSA) is 83.6 Å². The number of hydrogen-bond donors (Lipinski definition) is 2. The number of nitrogens with two attached hydrogens (primary N) is 1. The lowest BCUT2D eigenvalue weighted by molar-refractivity contribution is -0.135. The van der Waals surface area contributed by atoms with Gasteiger partial charge in [0.25, 0.3) is 5.91 Å². The van der Waals surface area contributed by atoms with Gasteiger partial charge in [-0.25, -0.2) is 0 Å². The van der Waals surface area contributed by atoms with Crippen LogP contribution in [0.2, 0.25) is 0 Å². The van der Waals surface area contributed by atoms with Crippen molar-refractivity contribution >= 4 is 14.1 Å². The van der Waals surface area contributed by atoms with E-state index in [1.54, 1.807) is 0 Å². The Morgan fingerprint density at radius 2 is 2.44 bits per heavy atom. The van der Waals surface area contributed by atoms with Gasteiger partial charge in [0.2, 0.25) is 0 Å². The first kappa shape index (κ1) is 6.61. The Balaban J connectivity index is 2.52. The minimum absolute atomic E-state index is 0.199. The van der Waals surface area contributed by atoms with Crippen LogP contribution in [0.15, 0.2) is 0 Å². The summed E-state index contributed by atoms with van der Waals surface area (Å²) < 4.78 is 11.0. The van der Waals surface area contributed by atoms with Crippen LogP contribution in [0.5, 0.6) is 0 Å². The summed E-state index contributed by atoms with van der Waals surface area (Å²) in [4.78, 5) is 18.8. The Morgan fingerprint density at radius 1 is 1.89 bits per heavy atom. The number of amides is 1. The third-order valence-electron chi connectivity index (χ3n) is 1.15. The first-order chi connectivity index (χ1) is 4.13. The maximum absolute atomic E-state index is 10.5. The van der Waals surface area contributed by atoms with Gasteiger partial charge in [0.15, 0.2) is 0 Å². The number of carbonyl (C=O) groups excluding carboxylic acids is 1. The summed E-state index contributed by atoms with van der Waals surface area (Å²) in [7, 11) is -2.49. The van der Waals surface area contributed by atoms with E-state index in [0.717, 1.165) is 4.67 Å². The lowest BCUT2D eigenvalue weighted by atomic mass is 10.2. The molecule has 3 N–H and O–H groups in total. The Labute approximate surface area is 52.4 Å². The van der Waals surface area contributed by atoms with Gasteiger partial charge >= 0.3 is 8.18 Å². The number of carbonyl (C=O) groups is 1. The Bertz CT molecular complexity index is 170. The average Bonchev–Trinajstić information content (AvgIpc) is 1.81. The fraction of sp³-hybridized carbons (Fsp3) is 0.667. The molecule has 0 saturated carbocycles. The van der Waals surface area contributed by atoms with Crippen molar-refractivity contribution in [2.75, 3.05) is 6.54 Å². The first-order valence-corrected chi connectivity index (χ1v) is 3.52. The SMILES string of the molecule is N[C@H]1CN([P+](=O)O)C1=O. The molecule has 1 aliphatic heterocycles. The predicted molar refractivity (Wildman–Crippen MR) is 29.5 cm³/mol. The standard InChI is InChI=1S/C3H5N2O3P/c4-2-1-5(3(2)6)9(7)8/h2H,1,4H2/p+1/t2-/m0/s1. The van der Waals surface area contributed by atoms with Crippen LogP contribution in [0, 0.1) is 0 Å². The largest absolute Gasteiger partial charge is 0.646 e. The molecule has 9 heavy (non-hydrogen) atoms. The summed E-state index contributed by atoms with van der Waals surface area (Å²) in [6, 6.07) is -0.559. The van der Waals surface area contributed by atoms with E-state index in [1.165, 1.54) is 0 Å². The van der Waals surface area contributed by atoms with Crippen molar-refractivity contribution in [2.45, 2.75) is 6.04 Å². The van der Waals surface area contributed by atoms with Crippen LogP contribution in [0.25, 0.3) is 0 Å². The highest BCUT2D eigenvalue weighted by atomic mass is 31.1. The van der Waals surface area contributed by atoms with Crippen LogP contribution in [-0.4, -0.2) is 28.1 Å². The molecular formula is C3H6N2O3P+. The van der Waals surface area contributed by atoms with Crippen LogP contribution < -0.4 is 5.73 Å². The summed E-state index contributed by atoms with van der Waals surface area (Å²) in [6.07, 6.45) is 0. The molecule has 2 atom stereocenters. The second-order valence-corrected chi connectivity index (χ2v) is 2.77.